The lowest BCUT2D eigenvalue weighted by Gasteiger charge is -2.02. The van der Waals surface area contributed by atoms with Gasteiger partial charge in [-0.15, -0.1) is 0 Å². The maximum absolute atomic E-state index is 10.5. The summed E-state index contributed by atoms with van der Waals surface area (Å²) in [7, 11) is -1.67. The molecule has 6 heteroatoms. The average Bonchev–Trinajstić information content (AvgIpc) is 2.08. The molecule has 86 valence electrons. The van der Waals surface area contributed by atoms with Crippen molar-refractivity contribution in [2.75, 3.05) is 32.7 Å². The summed E-state index contributed by atoms with van der Waals surface area (Å²) in [4.78, 5) is 0. The van der Waals surface area contributed by atoms with Gasteiger partial charge in [-0.05, 0) is 12.8 Å². The molecule has 0 radical (unpaired) electrons. The molecule has 0 aromatic heterocycles. The molecule has 0 amide bonds. The lowest BCUT2D eigenvalue weighted by Crippen LogP contribution is -2.16. The van der Waals surface area contributed by atoms with Crippen molar-refractivity contribution in [3.05, 3.63) is 0 Å². The zero-order chi connectivity index (χ0) is 10.9. The molecular formula is C8H19NO4S. The number of methoxy groups -OCH3 is 1. The number of sulfonamides is 1. The number of primary sulfonamides is 1. The van der Waals surface area contributed by atoms with Crippen molar-refractivity contribution in [3.63, 3.8) is 0 Å². The minimum Gasteiger partial charge on any atom is -0.382 e. The monoisotopic (exact) mass is 225 g/mol. The molecule has 0 unspecified atom stereocenters. The van der Waals surface area contributed by atoms with Crippen LogP contribution in [0, 0.1) is 0 Å². The third-order valence-corrected chi connectivity index (χ3v) is 2.51. The van der Waals surface area contributed by atoms with E-state index < -0.39 is 10.0 Å². The molecule has 0 aliphatic rings. The second kappa shape index (κ2) is 8.16. The predicted molar refractivity (Wildman–Crippen MR) is 54.5 cm³/mol. The lowest BCUT2D eigenvalue weighted by molar-refractivity contribution is 0.0687. The molecule has 0 aromatic rings. The van der Waals surface area contributed by atoms with Gasteiger partial charge in [0.1, 0.15) is 0 Å². The maximum Gasteiger partial charge on any atom is 0.209 e. The van der Waals surface area contributed by atoms with Crippen LogP contribution in [-0.4, -0.2) is 41.1 Å². The molecule has 0 bridgehead atoms. The van der Waals surface area contributed by atoms with Crippen LogP contribution in [0.25, 0.3) is 0 Å². The van der Waals surface area contributed by atoms with E-state index in [2.05, 4.69) is 0 Å². The van der Waals surface area contributed by atoms with Crippen LogP contribution in [0.1, 0.15) is 19.3 Å². The summed E-state index contributed by atoms with van der Waals surface area (Å²) >= 11 is 0. The van der Waals surface area contributed by atoms with Gasteiger partial charge >= 0.3 is 0 Å². The molecule has 0 rings (SSSR count). The molecule has 2 N–H and O–H groups in total. The zero-order valence-corrected chi connectivity index (χ0v) is 9.38. The summed E-state index contributed by atoms with van der Waals surface area (Å²) in [6.45, 7) is 1.83. The van der Waals surface area contributed by atoms with Crippen LogP contribution in [0.15, 0.2) is 0 Å². The molecule has 0 aliphatic carbocycles. The Morgan fingerprint density at radius 1 is 1.07 bits per heavy atom. The Morgan fingerprint density at radius 2 is 1.79 bits per heavy atom. The fourth-order valence-electron chi connectivity index (χ4n) is 0.928. The maximum atomic E-state index is 10.5. The van der Waals surface area contributed by atoms with Crippen molar-refractivity contribution in [3.8, 4) is 0 Å². The van der Waals surface area contributed by atoms with E-state index in [9.17, 15) is 8.42 Å². The molecule has 0 heterocycles. The first kappa shape index (κ1) is 13.8. The molecule has 5 nitrogen and oxygen atoms in total. The van der Waals surface area contributed by atoms with Crippen molar-refractivity contribution in [1.29, 1.82) is 0 Å². The largest absolute Gasteiger partial charge is 0.382 e. The van der Waals surface area contributed by atoms with Gasteiger partial charge in [-0.1, -0.05) is 6.42 Å². The van der Waals surface area contributed by atoms with Gasteiger partial charge in [0.15, 0.2) is 0 Å². The van der Waals surface area contributed by atoms with E-state index in [1.54, 1.807) is 7.11 Å². The molecule has 0 aliphatic heterocycles. The first-order valence-corrected chi connectivity index (χ1v) is 6.35. The van der Waals surface area contributed by atoms with Gasteiger partial charge in [0, 0.05) is 13.7 Å². The standard InChI is InChI=1S/C8H19NO4S/c1-12-6-7-13-5-3-2-4-8-14(9,10)11/h2-8H2,1H3,(H2,9,10,11). The quantitative estimate of drug-likeness (QED) is 0.565. The molecular weight excluding hydrogens is 206 g/mol. The average molecular weight is 225 g/mol. The highest BCUT2D eigenvalue weighted by atomic mass is 32.2. The summed E-state index contributed by atoms with van der Waals surface area (Å²) < 4.78 is 31.1. The van der Waals surface area contributed by atoms with Crippen LogP contribution in [0.3, 0.4) is 0 Å². The number of rotatable bonds is 9. The van der Waals surface area contributed by atoms with E-state index in [-0.39, 0.29) is 5.75 Å². The first-order chi connectivity index (χ1) is 6.56. The summed E-state index contributed by atoms with van der Waals surface area (Å²) in [6, 6.07) is 0. The summed E-state index contributed by atoms with van der Waals surface area (Å²) in [5.74, 6) is 0.0606. The highest BCUT2D eigenvalue weighted by Gasteiger charge is 2.00. The van der Waals surface area contributed by atoms with E-state index in [1.165, 1.54) is 0 Å². The van der Waals surface area contributed by atoms with Gasteiger partial charge in [-0.3, -0.25) is 0 Å². The van der Waals surface area contributed by atoms with E-state index in [4.69, 9.17) is 14.6 Å². The fraction of sp³-hybridized carbons (Fsp3) is 1.00. The lowest BCUT2D eigenvalue weighted by atomic mass is 10.3. The summed E-state index contributed by atoms with van der Waals surface area (Å²) in [5, 5.41) is 4.84. The number of unbranched alkanes of at least 4 members (excludes halogenated alkanes) is 2. The van der Waals surface area contributed by atoms with Crippen LogP contribution in [0.5, 0.6) is 0 Å². The summed E-state index contributed by atoms with van der Waals surface area (Å²) in [5.41, 5.74) is 0. The molecule has 14 heavy (non-hydrogen) atoms. The van der Waals surface area contributed by atoms with E-state index in [0.717, 1.165) is 12.8 Å². The van der Waals surface area contributed by atoms with Crippen molar-refractivity contribution in [1.82, 2.24) is 0 Å². The minimum atomic E-state index is -3.29. The Bertz CT molecular complexity index is 215. The van der Waals surface area contributed by atoms with Crippen LogP contribution < -0.4 is 5.14 Å². The topological polar surface area (TPSA) is 78.6 Å². The molecule has 0 saturated heterocycles. The van der Waals surface area contributed by atoms with Crippen LogP contribution in [0.2, 0.25) is 0 Å². The summed E-state index contributed by atoms with van der Waals surface area (Å²) in [6.07, 6.45) is 2.29. The Balaban J connectivity index is 3.07. The van der Waals surface area contributed by atoms with Gasteiger partial charge in [-0.2, -0.15) is 0 Å². The second-order valence-corrected chi connectivity index (χ2v) is 4.77. The number of hydrogen-bond acceptors (Lipinski definition) is 4. The first-order valence-electron chi connectivity index (χ1n) is 4.63. The van der Waals surface area contributed by atoms with Crippen molar-refractivity contribution in [2.24, 2.45) is 5.14 Å². The minimum absolute atomic E-state index is 0.0606. The normalized spacial score (nSPS) is 11.9. The van der Waals surface area contributed by atoms with Crippen molar-refractivity contribution >= 4 is 10.0 Å². The van der Waals surface area contributed by atoms with Gasteiger partial charge < -0.3 is 9.47 Å². The zero-order valence-electron chi connectivity index (χ0n) is 8.57. The highest BCUT2D eigenvalue weighted by molar-refractivity contribution is 7.89. The van der Waals surface area contributed by atoms with Crippen LogP contribution >= 0.6 is 0 Å². The second-order valence-electron chi connectivity index (χ2n) is 3.03. The molecule has 0 atom stereocenters. The third-order valence-electron chi connectivity index (χ3n) is 1.65. The molecule has 0 saturated carbocycles. The van der Waals surface area contributed by atoms with Crippen molar-refractivity contribution < 1.29 is 17.9 Å². The molecule has 0 spiro atoms. The van der Waals surface area contributed by atoms with Crippen LogP contribution in [-0.2, 0) is 19.5 Å². The number of hydrogen-bond donors (Lipinski definition) is 1. The van der Waals surface area contributed by atoms with Crippen molar-refractivity contribution in [2.45, 2.75) is 19.3 Å². The van der Waals surface area contributed by atoms with E-state index in [1.807, 2.05) is 0 Å². The third kappa shape index (κ3) is 11.8. The fourth-order valence-corrected chi connectivity index (χ4v) is 1.53. The Kier molecular flexibility index (Phi) is 8.07. The van der Waals surface area contributed by atoms with Gasteiger partial charge in [0.25, 0.3) is 0 Å². The van der Waals surface area contributed by atoms with Gasteiger partial charge in [0.05, 0.1) is 19.0 Å². The van der Waals surface area contributed by atoms with E-state index >= 15 is 0 Å². The Labute approximate surface area is 85.6 Å². The Hall–Kier alpha value is -0.170. The highest BCUT2D eigenvalue weighted by Crippen LogP contribution is 1.97. The predicted octanol–water partition coefficient (Wildman–Crippen LogP) is 0.108. The smallest absolute Gasteiger partial charge is 0.209 e. The number of nitrogens with two attached hydrogens (primary N) is 1. The van der Waals surface area contributed by atoms with Gasteiger partial charge in [-0.25, -0.2) is 13.6 Å². The number of ether oxygens (including phenoxy) is 2. The SMILES string of the molecule is COCCOCCCCCS(N)(=O)=O. The van der Waals surface area contributed by atoms with Crippen LogP contribution in [0.4, 0.5) is 0 Å². The Morgan fingerprint density at radius 3 is 2.36 bits per heavy atom. The van der Waals surface area contributed by atoms with Gasteiger partial charge in [0.2, 0.25) is 10.0 Å². The van der Waals surface area contributed by atoms with E-state index in [0.29, 0.717) is 26.2 Å². The molecule has 0 fully saturated rings. The molecule has 0 aromatic carbocycles.